The molecule has 0 radical (unpaired) electrons. The molecule has 3 aromatic rings. The molecule has 2 heterocycles. The number of aromatic nitrogens is 2. The van der Waals surface area contributed by atoms with Crippen LogP contribution in [-0.4, -0.2) is 64.1 Å². The third-order valence-electron chi connectivity index (χ3n) is 6.22. The molecule has 0 atom stereocenters. The normalized spacial score (nSPS) is 13.8. The minimum absolute atomic E-state index is 0.00439. The number of carboxylic acid groups (broad SMARTS) is 1. The van der Waals surface area contributed by atoms with Gasteiger partial charge in [0, 0.05) is 24.8 Å². The van der Waals surface area contributed by atoms with E-state index in [4.69, 9.17) is 4.74 Å². The van der Waals surface area contributed by atoms with Gasteiger partial charge >= 0.3 is 12.1 Å². The van der Waals surface area contributed by atoms with Gasteiger partial charge in [0.25, 0.3) is 0 Å². The molecule has 180 valence electrons. The summed E-state index contributed by atoms with van der Waals surface area (Å²) >= 11 is 1.37. The number of hydrogen-bond acceptors (Lipinski definition) is 6. The number of alkyl carbamates (subject to hydrolysis) is 1. The first-order valence-corrected chi connectivity index (χ1v) is 12.5. The van der Waals surface area contributed by atoms with E-state index in [0.29, 0.717) is 31.2 Å². The molecule has 10 heteroatoms. The summed E-state index contributed by atoms with van der Waals surface area (Å²) in [5.74, 6) is -0.251. The van der Waals surface area contributed by atoms with Crippen LogP contribution in [0.1, 0.15) is 27.4 Å². The predicted molar refractivity (Wildman–Crippen MR) is 132 cm³/mol. The summed E-state index contributed by atoms with van der Waals surface area (Å²) in [5, 5.41) is 16.1. The van der Waals surface area contributed by atoms with E-state index in [9.17, 15) is 19.5 Å². The number of hydrogen-bond donors (Lipinski definition) is 2. The van der Waals surface area contributed by atoms with Crippen molar-refractivity contribution in [1.82, 2.24) is 15.1 Å². The van der Waals surface area contributed by atoms with Crippen LogP contribution in [-0.2, 0) is 16.1 Å². The smallest absolute Gasteiger partial charge is 0.407 e. The van der Waals surface area contributed by atoms with Crippen LogP contribution in [0, 0.1) is 0 Å². The van der Waals surface area contributed by atoms with E-state index in [2.05, 4.69) is 34.7 Å². The number of nitrogens with zero attached hydrogens (tertiary/aromatic N) is 3. The SMILES string of the molecule is O=C(NCCSCC(=O)N1CCn2ncc(C(=O)O)c21)OCC1c2ccccc2-c2ccccc21. The summed E-state index contributed by atoms with van der Waals surface area (Å²) in [6.45, 7) is 1.48. The third-order valence-corrected chi connectivity index (χ3v) is 7.16. The zero-order chi connectivity index (χ0) is 24.4. The van der Waals surface area contributed by atoms with E-state index >= 15 is 0 Å². The number of thioether (sulfide) groups is 1. The number of aromatic carboxylic acids is 1. The summed E-state index contributed by atoms with van der Waals surface area (Å²) in [6.07, 6.45) is 0.774. The molecule has 0 unspecified atom stereocenters. The second-order valence-corrected chi connectivity index (χ2v) is 9.37. The second kappa shape index (κ2) is 9.83. The van der Waals surface area contributed by atoms with Crippen molar-refractivity contribution < 1.29 is 24.2 Å². The standard InChI is InChI=1S/C25H24N4O5S/c30-22(28-10-11-29-23(28)20(13-27-29)24(31)32)15-35-12-9-26-25(33)34-14-21-18-7-3-1-5-16(18)17-6-2-4-8-19(17)21/h1-8,13,21H,9-12,14-15H2,(H,26,33)(H,31,32). The number of ether oxygens (including phenoxy) is 1. The van der Waals surface area contributed by atoms with Crippen molar-refractivity contribution in [3.63, 3.8) is 0 Å². The number of amides is 2. The molecule has 0 bridgehead atoms. The maximum absolute atomic E-state index is 12.6. The number of carboxylic acids is 1. The first-order chi connectivity index (χ1) is 17.0. The van der Waals surface area contributed by atoms with Crippen molar-refractivity contribution in [3.8, 4) is 11.1 Å². The summed E-state index contributed by atoms with van der Waals surface area (Å²) in [5.41, 5.74) is 4.69. The molecular weight excluding hydrogens is 468 g/mol. The van der Waals surface area contributed by atoms with Crippen LogP contribution >= 0.6 is 11.8 Å². The van der Waals surface area contributed by atoms with Gasteiger partial charge in [-0.25, -0.2) is 14.3 Å². The Kier molecular flexibility index (Phi) is 6.45. The molecule has 35 heavy (non-hydrogen) atoms. The number of carbonyl (C=O) groups is 3. The lowest BCUT2D eigenvalue weighted by atomic mass is 9.98. The van der Waals surface area contributed by atoms with Crippen molar-refractivity contribution in [2.45, 2.75) is 12.5 Å². The van der Waals surface area contributed by atoms with Gasteiger partial charge in [-0.3, -0.25) is 9.69 Å². The number of fused-ring (bicyclic) bond motifs is 4. The lowest BCUT2D eigenvalue weighted by Gasteiger charge is -2.16. The Morgan fingerprint density at radius 2 is 1.74 bits per heavy atom. The Hall–Kier alpha value is -3.79. The maximum atomic E-state index is 12.6. The molecule has 1 aliphatic carbocycles. The molecule has 2 aromatic carbocycles. The third kappa shape index (κ3) is 4.49. The van der Waals surface area contributed by atoms with Crippen molar-refractivity contribution >= 4 is 35.5 Å². The zero-order valence-corrected chi connectivity index (χ0v) is 19.7. The Bertz CT molecular complexity index is 1240. The summed E-state index contributed by atoms with van der Waals surface area (Å²) in [6, 6.07) is 16.3. The fraction of sp³-hybridized carbons (Fsp3) is 0.280. The maximum Gasteiger partial charge on any atom is 0.407 e. The molecule has 2 aliphatic rings. The van der Waals surface area contributed by atoms with E-state index in [0.717, 1.165) is 11.1 Å². The minimum Gasteiger partial charge on any atom is -0.477 e. The molecule has 2 N–H and O–H groups in total. The van der Waals surface area contributed by atoms with Crippen LogP contribution < -0.4 is 10.2 Å². The summed E-state index contributed by atoms with van der Waals surface area (Å²) in [7, 11) is 0. The molecular formula is C25H24N4O5S. The van der Waals surface area contributed by atoms with Gasteiger partial charge in [-0.15, -0.1) is 0 Å². The van der Waals surface area contributed by atoms with Crippen LogP contribution in [0.2, 0.25) is 0 Å². The van der Waals surface area contributed by atoms with E-state index in [1.54, 1.807) is 0 Å². The first-order valence-electron chi connectivity index (χ1n) is 11.3. The first kappa shape index (κ1) is 23.0. The molecule has 1 aromatic heterocycles. The average molecular weight is 493 g/mol. The van der Waals surface area contributed by atoms with Crippen molar-refractivity contribution in [3.05, 3.63) is 71.4 Å². The zero-order valence-electron chi connectivity index (χ0n) is 18.8. The predicted octanol–water partition coefficient (Wildman–Crippen LogP) is 3.20. The highest BCUT2D eigenvalue weighted by Crippen LogP contribution is 2.44. The molecule has 0 fully saturated rings. The number of anilines is 1. The largest absolute Gasteiger partial charge is 0.477 e. The monoisotopic (exact) mass is 492 g/mol. The van der Waals surface area contributed by atoms with Crippen molar-refractivity contribution in [2.24, 2.45) is 0 Å². The van der Waals surface area contributed by atoms with E-state index in [1.807, 2.05) is 24.3 Å². The Balaban J connectivity index is 1.06. The van der Waals surface area contributed by atoms with Gasteiger partial charge in [-0.1, -0.05) is 48.5 Å². The van der Waals surface area contributed by atoms with Gasteiger partial charge in [0.2, 0.25) is 5.91 Å². The van der Waals surface area contributed by atoms with E-state index < -0.39 is 12.1 Å². The molecule has 5 rings (SSSR count). The van der Waals surface area contributed by atoms with Crippen LogP contribution in [0.25, 0.3) is 11.1 Å². The van der Waals surface area contributed by atoms with Gasteiger partial charge in [0.1, 0.15) is 18.0 Å². The van der Waals surface area contributed by atoms with Crippen LogP contribution in [0.15, 0.2) is 54.7 Å². The van der Waals surface area contributed by atoms with Crippen molar-refractivity contribution in [2.75, 3.05) is 36.1 Å². The fourth-order valence-electron chi connectivity index (χ4n) is 4.63. The van der Waals surface area contributed by atoms with Crippen LogP contribution in [0.5, 0.6) is 0 Å². The highest BCUT2D eigenvalue weighted by molar-refractivity contribution is 7.99. The van der Waals surface area contributed by atoms with Gasteiger partial charge in [0.05, 0.1) is 18.5 Å². The number of benzene rings is 2. The Morgan fingerprint density at radius 3 is 2.43 bits per heavy atom. The highest BCUT2D eigenvalue weighted by Gasteiger charge is 2.31. The van der Waals surface area contributed by atoms with Crippen molar-refractivity contribution in [1.29, 1.82) is 0 Å². The van der Waals surface area contributed by atoms with Crippen LogP contribution in [0.4, 0.5) is 10.6 Å². The topological polar surface area (TPSA) is 114 Å². The van der Waals surface area contributed by atoms with Gasteiger partial charge in [-0.05, 0) is 22.3 Å². The molecule has 9 nitrogen and oxygen atoms in total. The van der Waals surface area contributed by atoms with E-state index in [-0.39, 0.29) is 29.7 Å². The number of nitrogens with one attached hydrogen (secondary N) is 1. The molecule has 1 aliphatic heterocycles. The Morgan fingerprint density at radius 1 is 1.06 bits per heavy atom. The lowest BCUT2D eigenvalue weighted by molar-refractivity contribution is -0.116. The molecule has 0 saturated heterocycles. The minimum atomic E-state index is -1.11. The Labute approximate surface area is 206 Å². The molecule has 0 saturated carbocycles. The quantitative estimate of drug-likeness (QED) is 0.464. The van der Waals surface area contributed by atoms with Gasteiger partial charge in [-0.2, -0.15) is 16.9 Å². The van der Waals surface area contributed by atoms with Gasteiger partial charge < -0.3 is 15.2 Å². The van der Waals surface area contributed by atoms with Gasteiger partial charge in [0.15, 0.2) is 0 Å². The number of carbonyl (C=O) groups excluding carboxylic acids is 2. The highest BCUT2D eigenvalue weighted by atomic mass is 32.2. The van der Waals surface area contributed by atoms with Crippen LogP contribution in [0.3, 0.4) is 0 Å². The summed E-state index contributed by atoms with van der Waals surface area (Å²) in [4.78, 5) is 37.7. The van der Waals surface area contributed by atoms with E-state index in [1.165, 1.54) is 38.7 Å². The molecule has 0 spiro atoms. The average Bonchev–Trinajstić information content (AvgIpc) is 3.55. The second-order valence-electron chi connectivity index (χ2n) is 8.26. The molecule has 2 amide bonds. The number of rotatable bonds is 8. The lowest BCUT2D eigenvalue weighted by Crippen LogP contribution is -2.32. The fourth-order valence-corrected chi connectivity index (χ4v) is 5.35. The summed E-state index contributed by atoms with van der Waals surface area (Å²) < 4.78 is 7.05.